The second-order valence-electron chi connectivity index (χ2n) is 6.61. The highest BCUT2D eigenvalue weighted by molar-refractivity contribution is 5.80. The Kier molecular flexibility index (Phi) is 4.89. The molecule has 0 radical (unpaired) electrons. The summed E-state index contributed by atoms with van der Waals surface area (Å²) in [6.07, 6.45) is 0.840. The van der Waals surface area contributed by atoms with Crippen molar-refractivity contribution in [2.24, 2.45) is 11.8 Å². The summed E-state index contributed by atoms with van der Waals surface area (Å²) in [7, 11) is 0. The second-order valence-corrected chi connectivity index (χ2v) is 6.61. The molecule has 24 heavy (non-hydrogen) atoms. The van der Waals surface area contributed by atoms with Gasteiger partial charge in [0.05, 0.1) is 0 Å². The van der Waals surface area contributed by atoms with Crippen molar-refractivity contribution in [1.82, 2.24) is 25.1 Å². The molecule has 3 rings (SSSR count). The third-order valence-electron chi connectivity index (χ3n) is 4.45. The van der Waals surface area contributed by atoms with E-state index in [0.29, 0.717) is 18.9 Å². The smallest absolute Gasteiger partial charge is 0.249 e. The summed E-state index contributed by atoms with van der Waals surface area (Å²) in [6, 6.07) is 9.12. The summed E-state index contributed by atoms with van der Waals surface area (Å²) >= 11 is 0. The van der Waals surface area contributed by atoms with Gasteiger partial charge in [-0.1, -0.05) is 44.2 Å². The third-order valence-corrected chi connectivity index (χ3v) is 4.45. The normalized spacial score (nSPS) is 19.0. The molecule has 0 bridgehead atoms. The summed E-state index contributed by atoms with van der Waals surface area (Å²) in [5.74, 6) is 0.732. The predicted molar refractivity (Wildman–Crippen MR) is 88.9 cm³/mol. The topological polar surface area (TPSA) is 84.1 Å². The Labute approximate surface area is 141 Å². The van der Waals surface area contributed by atoms with E-state index in [0.717, 1.165) is 12.0 Å². The fraction of sp³-hybridized carbons (Fsp3) is 0.529. The molecule has 1 amide bonds. The lowest BCUT2D eigenvalue weighted by Crippen LogP contribution is -2.39. The standard InChI is InChI=1S/C17H23N5O2/c1-12(2)15(17(24)21-9-8-13(10-21)11-23)22-19-16(18-20-22)14-6-4-3-5-7-14/h3-7,12-13,15,23H,8-11H2,1-2H3. The van der Waals surface area contributed by atoms with Gasteiger partial charge in [0.25, 0.3) is 0 Å². The van der Waals surface area contributed by atoms with Crippen LogP contribution in [0.1, 0.15) is 26.3 Å². The zero-order valence-electron chi connectivity index (χ0n) is 14.0. The molecule has 1 fully saturated rings. The van der Waals surface area contributed by atoms with Crippen LogP contribution in [-0.2, 0) is 4.79 Å². The minimum atomic E-state index is -0.479. The fourth-order valence-electron chi connectivity index (χ4n) is 3.07. The first-order chi connectivity index (χ1) is 11.6. The number of rotatable bonds is 5. The molecule has 2 aromatic rings. The van der Waals surface area contributed by atoms with Crippen LogP contribution in [0.2, 0.25) is 0 Å². The van der Waals surface area contributed by atoms with Gasteiger partial charge in [-0.05, 0) is 17.6 Å². The van der Waals surface area contributed by atoms with Gasteiger partial charge < -0.3 is 10.0 Å². The highest BCUT2D eigenvalue weighted by atomic mass is 16.3. The van der Waals surface area contributed by atoms with E-state index >= 15 is 0 Å². The molecule has 1 saturated heterocycles. The molecule has 7 nitrogen and oxygen atoms in total. The van der Waals surface area contributed by atoms with Crippen molar-refractivity contribution in [3.8, 4) is 11.4 Å². The fourth-order valence-corrected chi connectivity index (χ4v) is 3.07. The van der Waals surface area contributed by atoms with Crippen LogP contribution in [0.3, 0.4) is 0 Å². The van der Waals surface area contributed by atoms with Gasteiger partial charge in [-0.15, -0.1) is 10.2 Å². The van der Waals surface area contributed by atoms with E-state index in [1.54, 1.807) is 4.90 Å². The summed E-state index contributed by atoms with van der Waals surface area (Å²) in [6.45, 7) is 5.35. The SMILES string of the molecule is CC(C)C(C(=O)N1CCC(CO)C1)n1nnc(-c2ccccc2)n1. The van der Waals surface area contributed by atoms with Crippen molar-refractivity contribution in [3.05, 3.63) is 30.3 Å². The summed E-state index contributed by atoms with van der Waals surface area (Å²) < 4.78 is 0. The predicted octanol–water partition coefficient (Wildman–Crippen LogP) is 1.38. The Hall–Kier alpha value is -2.28. The zero-order valence-corrected chi connectivity index (χ0v) is 14.0. The largest absolute Gasteiger partial charge is 0.396 e. The number of hydrogen-bond acceptors (Lipinski definition) is 5. The number of hydrogen-bond donors (Lipinski definition) is 1. The summed E-state index contributed by atoms with van der Waals surface area (Å²) in [4.78, 5) is 16.1. The molecule has 1 aromatic heterocycles. The second kappa shape index (κ2) is 7.09. The Morgan fingerprint density at radius 3 is 2.71 bits per heavy atom. The molecule has 1 aliphatic heterocycles. The lowest BCUT2D eigenvalue weighted by molar-refractivity contribution is -0.136. The monoisotopic (exact) mass is 329 g/mol. The van der Waals surface area contributed by atoms with Gasteiger partial charge in [0.15, 0.2) is 6.04 Å². The van der Waals surface area contributed by atoms with Crippen molar-refractivity contribution in [2.45, 2.75) is 26.3 Å². The van der Waals surface area contributed by atoms with E-state index in [2.05, 4.69) is 15.4 Å². The number of amides is 1. The Bertz CT molecular complexity index is 685. The van der Waals surface area contributed by atoms with Gasteiger partial charge in [-0.25, -0.2) is 0 Å². The van der Waals surface area contributed by atoms with Crippen LogP contribution < -0.4 is 0 Å². The van der Waals surface area contributed by atoms with Crippen LogP contribution in [-0.4, -0.2) is 55.8 Å². The molecule has 0 saturated carbocycles. The molecule has 1 aromatic carbocycles. The van der Waals surface area contributed by atoms with Crippen molar-refractivity contribution < 1.29 is 9.90 Å². The van der Waals surface area contributed by atoms with Gasteiger partial charge >= 0.3 is 0 Å². The summed E-state index contributed by atoms with van der Waals surface area (Å²) in [5.41, 5.74) is 0.875. The van der Waals surface area contributed by atoms with E-state index in [9.17, 15) is 9.90 Å². The molecule has 2 atom stereocenters. The van der Waals surface area contributed by atoms with Crippen molar-refractivity contribution in [1.29, 1.82) is 0 Å². The number of carbonyl (C=O) groups excluding carboxylic acids is 1. The van der Waals surface area contributed by atoms with Crippen molar-refractivity contribution in [2.75, 3.05) is 19.7 Å². The number of carbonyl (C=O) groups is 1. The highest BCUT2D eigenvalue weighted by Gasteiger charge is 2.34. The van der Waals surface area contributed by atoms with Crippen molar-refractivity contribution in [3.63, 3.8) is 0 Å². The van der Waals surface area contributed by atoms with E-state index in [4.69, 9.17) is 0 Å². The number of nitrogens with zero attached hydrogens (tertiary/aromatic N) is 5. The van der Waals surface area contributed by atoms with Crippen LogP contribution in [0.4, 0.5) is 0 Å². The van der Waals surface area contributed by atoms with E-state index < -0.39 is 6.04 Å². The van der Waals surface area contributed by atoms with E-state index in [1.807, 2.05) is 44.2 Å². The van der Waals surface area contributed by atoms with E-state index in [1.165, 1.54) is 4.80 Å². The average Bonchev–Trinajstić information content (AvgIpc) is 3.25. The number of likely N-dealkylation sites (tertiary alicyclic amines) is 1. The molecule has 7 heteroatoms. The number of aliphatic hydroxyl groups is 1. The maximum Gasteiger partial charge on any atom is 0.249 e. The molecule has 128 valence electrons. The van der Waals surface area contributed by atoms with Gasteiger partial charge in [-0.3, -0.25) is 4.79 Å². The van der Waals surface area contributed by atoms with Crippen LogP contribution in [0.25, 0.3) is 11.4 Å². The average molecular weight is 329 g/mol. The lowest BCUT2D eigenvalue weighted by Gasteiger charge is -2.24. The number of tetrazole rings is 1. The maximum atomic E-state index is 12.9. The molecule has 2 unspecified atom stereocenters. The molecule has 1 aliphatic rings. The zero-order chi connectivity index (χ0) is 17.1. The molecule has 0 aliphatic carbocycles. The van der Waals surface area contributed by atoms with Crippen LogP contribution >= 0.6 is 0 Å². The number of aliphatic hydroxyl groups excluding tert-OH is 1. The minimum absolute atomic E-state index is 0.00189. The minimum Gasteiger partial charge on any atom is -0.396 e. The van der Waals surface area contributed by atoms with Gasteiger partial charge in [0.1, 0.15) is 0 Å². The van der Waals surface area contributed by atoms with Crippen LogP contribution in [0.5, 0.6) is 0 Å². The first-order valence-corrected chi connectivity index (χ1v) is 8.34. The third kappa shape index (κ3) is 3.31. The molecule has 2 heterocycles. The number of aromatic nitrogens is 4. The summed E-state index contributed by atoms with van der Waals surface area (Å²) in [5, 5.41) is 21.9. The van der Waals surface area contributed by atoms with Crippen LogP contribution in [0, 0.1) is 11.8 Å². The van der Waals surface area contributed by atoms with Crippen LogP contribution in [0.15, 0.2) is 30.3 Å². The quantitative estimate of drug-likeness (QED) is 0.896. The Balaban J connectivity index is 1.82. The molecule has 1 N–H and O–H groups in total. The molecular formula is C17H23N5O2. The first kappa shape index (κ1) is 16.6. The Morgan fingerprint density at radius 1 is 1.33 bits per heavy atom. The van der Waals surface area contributed by atoms with Gasteiger partial charge in [-0.2, -0.15) is 4.80 Å². The Morgan fingerprint density at radius 2 is 2.08 bits per heavy atom. The maximum absolute atomic E-state index is 12.9. The van der Waals surface area contributed by atoms with E-state index in [-0.39, 0.29) is 24.3 Å². The lowest BCUT2D eigenvalue weighted by atomic mass is 10.0. The van der Waals surface area contributed by atoms with Gasteiger partial charge in [0.2, 0.25) is 11.7 Å². The number of benzene rings is 1. The molecular weight excluding hydrogens is 306 g/mol. The van der Waals surface area contributed by atoms with Gasteiger partial charge in [0, 0.05) is 31.2 Å². The molecule has 0 spiro atoms. The van der Waals surface area contributed by atoms with Crippen molar-refractivity contribution >= 4 is 5.91 Å². The first-order valence-electron chi connectivity index (χ1n) is 8.34. The highest BCUT2D eigenvalue weighted by Crippen LogP contribution is 2.24.